The molecule has 2 rings (SSSR count). The van der Waals surface area contributed by atoms with Gasteiger partial charge in [0.25, 0.3) is 0 Å². The first-order chi connectivity index (χ1) is 11.8. The second kappa shape index (κ2) is 9.33. The molecule has 2 atom stereocenters. The molecule has 2 unspecified atom stereocenters. The van der Waals surface area contributed by atoms with E-state index in [0.29, 0.717) is 19.0 Å². The fraction of sp³-hybridized carbons (Fsp3) is 0.944. The lowest BCUT2D eigenvalue weighted by atomic mass is 9.80. The number of hydrogen-bond acceptors (Lipinski definition) is 4. The Morgan fingerprint density at radius 1 is 1.20 bits per heavy atom. The van der Waals surface area contributed by atoms with Crippen molar-refractivity contribution < 1.29 is 18.3 Å². The van der Waals surface area contributed by atoms with Crippen LogP contribution in [0.25, 0.3) is 0 Å². The summed E-state index contributed by atoms with van der Waals surface area (Å²) in [4.78, 5) is 13.4. The zero-order chi connectivity index (χ0) is 18.4. The summed E-state index contributed by atoms with van der Waals surface area (Å²) in [6, 6.07) is 0.181. The second-order valence-corrected chi connectivity index (χ2v) is 10.1. The summed E-state index contributed by atoms with van der Waals surface area (Å²) in [6.45, 7) is 5.88. The standard InChI is InChI=1S/C18H34N2O4S/c1-3-25(23,24)20-11-8-17(9-12-20)19(14-18(21)22)10-7-16-6-4-5-15(2)13-16/h15-17H,3-14H2,1-2H3,(H,21,22). The summed E-state index contributed by atoms with van der Waals surface area (Å²) in [6.07, 6.45) is 7.65. The summed E-state index contributed by atoms with van der Waals surface area (Å²) in [7, 11) is -3.13. The smallest absolute Gasteiger partial charge is 0.317 e. The van der Waals surface area contributed by atoms with Gasteiger partial charge < -0.3 is 5.11 Å². The monoisotopic (exact) mass is 374 g/mol. The molecular weight excluding hydrogens is 340 g/mol. The van der Waals surface area contributed by atoms with Crippen LogP contribution in [0.3, 0.4) is 0 Å². The van der Waals surface area contributed by atoms with Crippen LogP contribution in [0.5, 0.6) is 0 Å². The van der Waals surface area contributed by atoms with Crippen molar-refractivity contribution in [2.75, 3.05) is 31.9 Å². The van der Waals surface area contributed by atoms with Gasteiger partial charge in [0.05, 0.1) is 12.3 Å². The van der Waals surface area contributed by atoms with E-state index in [2.05, 4.69) is 11.8 Å². The fourth-order valence-electron chi connectivity index (χ4n) is 4.40. The molecule has 146 valence electrons. The summed E-state index contributed by atoms with van der Waals surface area (Å²) in [5.41, 5.74) is 0. The fourth-order valence-corrected chi connectivity index (χ4v) is 5.54. The molecule has 0 spiro atoms. The highest BCUT2D eigenvalue weighted by atomic mass is 32.2. The van der Waals surface area contributed by atoms with Crippen LogP contribution in [0.15, 0.2) is 0 Å². The van der Waals surface area contributed by atoms with Crippen molar-refractivity contribution in [1.82, 2.24) is 9.21 Å². The third kappa shape index (κ3) is 6.22. The van der Waals surface area contributed by atoms with Gasteiger partial charge in [0.2, 0.25) is 10.0 Å². The number of rotatable bonds is 8. The maximum atomic E-state index is 12.0. The van der Waals surface area contributed by atoms with Crippen LogP contribution < -0.4 is 0 Å². The number of nitrogens with zero attached hydrogens (tertiary/aromatic N) is 2. The van der Waals surface area contributed by atoms with Crippen LogP contribution in [-0.2, 0) is 14.8 Å². The van der Waals surface area contributed by atoms with E-state index in [1.54, 1.807) is 11.2 Å². The molecule has 0 bridgehead atoms. The van der Waals surface area contributed by atoms with E-state index in [-0.39, 0.29) is 18.3 Å². The average Bonchev–Trinajstić information content (AvgIpc) is 2.58. The van der Waals surface area contributed by atoms with Gasteiger partial charge >= 0.3 is 5.97 Å². The molecule has 2 fully saturated rings. The third-order valence-corrected chi connectivity index (χ3v) is 7.79. The lowest BCUT2D eigenvalue weighted by Gasteiger charge is -2.38. The highest BCUT2D eigenvalue weighted by Gasteiger charge is 2.31. The van der Waals surface area contributed by atoms with Crippen LogP contribution in [0.2, 0.25) is 0 Å². The number of piperidine rings is 1. The number of sulfonamides is 1. The molecule has 1 saturated carbocycles. The molecule has 0 aromatic carbocycles. The number of hydrogen-bond donors (Lipinski definition) is 1. The highest BCUT2D eigenvalue weighted by molar-refractivity contribution is 7.89. The third-order valence-electron chi connectivity index (χ3n) is 5.91. The second-order valence-electron chi connectivity index (χ2n) is 7.82. The Labute approximate surface area is 152 Å². The predicted octanol–water partition coefficient (Wildman–Crippen LogP) is 2.40. The predicted molar refractivity (Wildman–Crippen MR) is 99.0 cm³/mol. The molecule has 0 radical (unpaired) electrons. The van der Waals surface area contributed by atoms with Crippen LogP contribution in [-0.4, -0.2) is 66.7 Å². The van der Waals surface area contributed by atoms with Gasteiger partial charge in [-0.1, -0.05) is 26.2 Å². The minimum atomic E-state index is -3.13. The van der Waals surface area contributed by atoms with Crippen molar-refractivity contribution in [3.63, 3.8) is 0 Å². The van der Waals surface area contributed by atoms with Crippen LogP contribution >= 0.6 is 0 Å². The molecule has 1 heterocycles. The zero-order valence-corrected chi connectivity index (χ0v) is 16.5. The number of carboxylic acid groups (broad SMARTS) is 1. The lowest BCUT2D eigenvalue weighted by Crippen LogP contribution is -2.48. The number of carboxylic acids is 1. The Bertz CT molecular complexity index is 529. The maximum Gasteiger partial charge on any atom is 0.317 e. The molecule has 0 amide bonds. The van der Waals surface area contributed by atoms with Crippen molar-refractivity contribution in [3.05, 3.63) is 0 Å². The molecule has 6 nitrogen and oxygen atoms in total. The Hall–Kier alpha value is -0.660. The molecule has 1 aliphatic heterocycles. The first-order valence-corrected chi connectivity index (χ1v) is 11.4. The van der Waals surface area contributed by atoms with Gasteiger partial charge in [0, 0.05) is 19.1 Å². The summed E-state index contributed by atoms with van der Waals surface area (Å²) < 4.78 is 25.5. The van der Waals surface area contributed by atoms with E-state index in [4.69, 9.17) is 0 Å². The van der Waals surface area contributed by atoms with Gasteiger partial charge in [0.1, 0.15) is 0 Å². The Morgan fingerprint density at radius 3 is 2.44 bits per heavy atom. The Balaban J connectivity index is 1.88. The minimum Gasteiger partial charge on any atom is -0.480 e. The molecule has 0 aromatic heterocycles. The van der Waals surface area contributed by atoms with Crippen molar-refractivity contribution in [1.29, 1.82) is 0 Å². The summed E-state index contributed by atoms with van der Waals surface area (Å²) in [5.74, 6) is 0.839. The molecule has 1 aliphatic carbocycles. The van der Waals surface area contributed by atoms with E-state index in [0.717, 1.165) is 31.7 Å². The highest BCUT2D eigenvalue weighted by Crippen LogP contribution is 2.31. The van der Waals surface area contributed by atoms with Gasteiger partial charge in [-0.25, -0.2) is 12.7 Å². The van der Waals surface area contributed by atoms with Gasteiger partial charge in [0.15, 0.2) is 0 Å². The number of carbonyl (C=O) groups is 1. The van der Waals surface area contributed by atoms with Gasteiger partial charge in [-0.3, -0.25) is 9.69 Å². The van der Waals surface area contributed by atoms with Crippen molar-refractivity contribution in [3.8, 4) is 0 Å². The van der Waals surface area contributed by atoms with Crippen molar-refractivity contribution in [2.45, 2.75) is 64.8 Å². The number of aliphatic carboxylic acids is 1. The van der Waals surface area contributed by atoms with Crippen molar-refractivity contribution >= 4 is 16.0 Å². The first-order valence-electron chi connectivity index (χ1n) is 9.75. The molecule has 1 N–H and O–H groups in total. The molecule has 7 heteroatoms. The molecule has 0 aromatic rings. The molecular formula is C18H34N2O4S. The Kier molecular flexibility index (Phi) is 7.70. The van der Waals surface area contributed by atoms with Crippen LogP contribution in [0.1, 0.15) is 58.8 Å². The Morgan fingerprint density at radius 2 is 1.88 bits per heavy atom. The van der Waals surface area contributed by atoms with E-state index in [1.165, 1.54) is 25.7 Å². The van der Waals surface area contributed by atoms with E-state index in [9.17, 15) is 18.3 Å². The largest absolute Gasteiger partial charge is 0.480 e. The van der Waals surface area contributed by atoms with E-state index >= 15 is 0 Å². The first kappa shape index (κ1) is 20.6. The van der Waals surface area contributed by atoms with Crippen LogP contribution in [0.4, 0.5) is 0 Å². The normalized spacial score (nSPS) is 26.8. The summed E-state index contributed by atoms with van der Waals surface area (Å²) in [5, 5.41) is 9.26. The SMILES string of the molecule is CCS(=O)(=O)N1CCC(N(CCC2CCCC(C)C2)CC(=O)O)CC1. The molecule has 1 saturated heterocycles. The van der Waals surface area contributed by atoms with Gasteiger partial charge in [-0.2, -0.15) is 0 Å². The molecule has 25 heavy (non-hydrogen) atoms. The maximum absolute atomic E-state index is 12.0. The lowest BCUT2D eigenvalue weighted by molar-refractivity contribution is -0.139. The van der Waals surface area contributed by atoms with Crippen molar-refractivity contribution in [2.24, 2.45) is 11.8 Å². The zero-order valence-electron chi connectivity index (χ0n) is 15.7. The average molecular weight is 375 g/mol. The van der Waals surface area contributed by atoms with E-state index in [1.807, 2.05) is 0 Å². The van der Waals surface area contributed by atoms with E-state index < -0.39 is 16.0 Å². The molecule has 2 aliphatic rings. The minimum absolute atomic E-state index is 0.0630. The van der Waals surface area contributed by atoms with Crippen LogP contribution in [0, 0.1) is 11.8 Å². The van der Waals surface area contributed by atoms with Gasteiger partial charge in [-0.15, -0.1) is 0 Å². The summed E-state index contributed by atoms with van der Waals surface area (Å²) >= 11 is 0. The quantitative estimate of drug-likeness (QED) is 0.706. The topological polar surface area (TPSA) is 77.9 Å². The van der Waals surface area contributed by atoms with Gasteiger partial charge in [-0.05, 0) is 51.0 Å².